The van der Waals surface area contributed by atoms with Gasteiger partial charge in [0.15, 0.2) is 5.13 Å². The summed E-state index contributed by atoms with van der Waals surface area (Å²) in [5.74, 6) is 0.0904. The Balaban J connectivity index is 1.74. The molecule has 3 rings (SSSR count). The van der Waals surface area contributed by atoms with Crippen molar-refractivity contribution < 1.29 is 14.3 Å². The number of rotatable bonds is 6. The largest absolute Gasteiger partial charge is 0.497 e. The zero-order valence-electron chi connectivity index (χ0n) is 16.3. The highest BCUT2D eigenvalue weighted by molar-refractivity contribution is 7.22. The molecule has 0 saturated heterocycles. The molecular formula is C21H23N3O3S. The Hall–Kier alpha value is -2.93. The second-order valence-corrected chi connectivity index (χ2v) is 7.93. The third-order valence-corrected chi connectivity index (χ3v) is 5.31. The van der Waals surface area contributed by atoms with Crippen LogP contribution < -0.4 is 15.4 Å². The molecule has 0 fully saturated rings. The SMILES string of the molecule is COc1ccc2nc(NC(=O)[C@@H](NC(=O)c3ccc(C)cc3)C(C)C)sc2c1. The van der Waals surface area contributed by atoms with Crippen molar-refractivity contribution in [1.82, 2.24) is 10.3 Å². The van der Waals surface area contributed by atoms with Crippen LogP contribution in [0.5, 0.6) is 5.75 Å². The van der Waals surface area contributed by atoms with E-state index in [1.54, 1.807) is 19.2 Å². The van der Waals surface area contributed by atoms with Crippen LogP contribution in [-0.4, -0.2) is 29.9 Å². The van der Waals surface area contributed by atoms with Crippen LogP contribution in [0.2, 0.25) is 0 Å². The molecule has 0 unspecified atom stereocenters. The highest BCUT2D eigenvalue weighted by Crippen LogP contribution is 2.29. The van der Waals surface area contributed by atoms with Gasteiger partial charge in [0.2, 0.25) is 5.91 Å². The molecule has 6 nitrogen and oxygen atoms in total. The zero-order valence-corrected chi connectivity index (χ0v) is 17.1. The topological polar surface area (TPSA) is 80.3 Å². The number of amides is 2. The molecule has 2 aromatic carbocycles. The number of nitrogens with zero attached hydrogens (tertiary/aromatic N) is 1. The first-order valence-corrected chi connectivity index (χ1v) is 9.82. The van der Waals surface area contributed by atoms with Crippen LogP contribution in [0.15, 0.2) is 42.5 Å². The normalized spacial score (nSPS) is 12.0. The van der Waals surface area contributed by atoms with E-state index in [4.69, 9.17) is 4.74 Å². The van der Waals surface area contributed by atoms with Crippen LogP contribution in [0, 0.1) is 12.8 Å². The number of hydrogen-bond donors (Lipinski definition) is 2. The number of carbonyl (C=O) groups excluding carboxylic acids is 2. The maximum Gasteiger partial charge on any atom is 0.251 e. The number of carbonyl (C=O) groups is 2. The average Bonchev–Trinajstić information content (AvgIpc) is 3.07. The number of benzene rings is 2. The van der Waals surface area contributed by atoms with Gasteiger partial charge in [-0.15, -0.1) is 0 Å². The van der Waals surface area contributed by atoms with E-state index in [9.17, 15) is 9.59 Å². The minimum absolute atomic E-state index is 0.0797. The van der Waals surface area contributed by atoms with Crippen LogP contribution in [0.4, 0.5) is 5.13 Å². The summed E-state index contributed by atoms with van der Waals surface area (Å²) in [6.45, 7) is 5.74. The molecule has 1 heterocycles. The number of ether oxygens (including phenoxy) is 1. The van der Waals surface area contributed by atoms with Crippen molar-refractivity contribution in [1.29, 1.82) is 0 Å². The predicted octanol–water partition coefficient (Wildman–Crippen LogP) is 4.01. The standard InChI is InChI=1S/C21H23N3O3S/c1-12(2)18(23-19(25)14-7-5-13(3)6-8-14)20(26)24-21-22-16-10-9-15(27-4)11-17(16)28-21/h5-12,18H,1-4H3,(H,23,25)(H,22,24,26)/t18-/m0/s1. The third kappa shape index (κ3) is 4.48. The highest BCUT2D eigenvalue weighted by atomic mass is 32.1. The van der Waals surface area contributed by atoms with Crippen LogP contribution >= 0.6 is 11.3 Å². The number of hydrogen-bond acceptors (Lipinski definition) is 5. The summed E-state index contributed by atoms with van der Waals surface area (Å²) >= 11 is 1.37. The Morgan fingerprint density at radius 1 is 1.11 bits per heavy atom. The lowest BCUT2D eigenvalue weighted by Crippen LogP contribution is -2.47. The Bertz CT molecular complexity index is 996. The number of thiazole rings is 1. The molecule has 0 radical (unpaired) electrons. The summed E-state index contributed by atoms with van der Waals surface area (Å²) in [5.41, 5.74) is 2.38. The highest BCUT2D eigenvalue weighted by Gasteiger charge is 2.25. The lowest BCUT2D eigenvalue weighted by Gasteiger charge is -2.21. The monoisotopic (exact) mass is 397 g/mol. The summed E-state index contributed by atoms with van der Waals surface area (Å²) in [4.78, 5) is 29.7. The molecule has 0 bridgehead atoms. The van der Waals surface area contributed by atoms with E-state index in [1.807, 2.05) is 51.1 Å². The maximum atomic E-state index is 12.8. The molecule has 3 aromatic rings. The lowest BCUT2D eigenvalue weighted by atomic mass is 10.0. The summed E-state index contributed by atoms with van der Waals surface area (Å²) in [6.07, 6.45) is 0. The molecule has 0 saturated carbocycles. The van der Waals surface area contributed by atoms with E-state index in [2.05, 4.69) is 15.6 Å². The van der Waals surface area contributed by atoms with E-state index in [0.29, 0.717) is 10.7 Å². The fraction of sp³-hybridized carbons (Fsp3) is 0.286. The fourth-order valence-corrected chi connectivity index (χ4v) is 3.63. The van der Waals surface area contributed by atoms with Crippen molar-refractivity contribution in [2.24, 2.45) is 5.92 Å². The first kappa shape index (κ1) is 19.8. The molecule has 1 aromatic heterocycles. The average molecular weight is 398 g/mol. The molecule has 1 atom stereocenters. The molecule has 0 aliphatic carbocycles. The number of fused-ring (bicyclic) bond motifs is 1. The van der Waals surface area contributed by atoms with Gasteiger partial charge in [-0.3, -0.25) is 9.59 Å². The predicted molar refractivity (Wildman–Crippen MR) is 112 cm³/mol. The second kappa shape index (κ2) is 8.39. The minimum atomic E-state index is -0.671. The Labute approximate surface area is 167 Å². The Kier molecular flexibility index (Phi) is 5.94. The summed E-state index contributed by atoms with van der Waals surface area (Å²) < 4.78 is 6.14. The van der Waals surface area contributed by atoms with Crippen LogP contribution in [0.25, 0.3) is 10.2 Å². The van der Waals surface area contributed by atoms with Gasteiger partial charge in [0.1, 0.15) is 11.8 Å². The summed E-state index contributed by atoms with van der Waals surface area (Å²) in [5, 5.41) is 6.15. The fourth-order valence-electron chi connectivity index (χ4n) is 2.73. The molecule has 2 N–H and O–H groups in total. The molecule has 146 valence electrons. The Morgan fingerprint density at radius 2 is 1.82 bits per heavy atom. The quantitative estimate of drug-likeness (QED) is 0.659. The van der Waals surface area contributed by atoms with Gasteiger partial charge >= 0.3 is 0 Å². The van der Waals surface area contributed by atoms with Crippen molar-refractivity contribution in [3.05, 3.63) is 53.6 Å². The van der Waals surface area contributed by atoms with Crippen LogP contribution in [0.3, 0.4) is 0 Å². The van der Waals surface area contributed by atoms with Crippen molar-refractivity contribution in [3.63, 3.8) is 0 Å². The van der Waals surface area contributed by atoms with E-state index >= 15 is 0 Å². The van der Waals surface area contributed by atoms with E-state index in [1.165, 1.54) is 11.3 Å². The minimum Gasteiger partial charge on any atom is -0.497 e. The van der Waals surface area contributed by atoms with Gasteiger partial charge in [-0.1, -0.05) is 42.9 Å². The molecule has 28 heavy (non-hydrogen) atoms. The van der Waals surface area contributed by atoms with Gasteiger partial charge in [0.05, 0.1) is 17.3 Å². The van der Waals surface area contributed by atoms with Gasteiger partial charge in [-0.25, -0.2) is 4.98 Å². The number of nitrogens with one attached hydrogen (secondary N) is 2. The van der Waals surface area contributed by atoms with Gasteiger partial charge in [-0.05, 0) is 43.2 Å². The lowest BCUT2D eigenvalue weighted by molar-refractivity contribution is -0.118. The smallest absolute Gasteiger partial charge is 0.251 e. The number of aryl methyl sites for hydroxylation is 1. The molecule has 2 amide bonds. The second-order valence-electron chi connectivity index (χ2n) is 6.90. The van der Waals surface area contributed by atoms with Crippen LogP contribution in [0.1, 0.15) is 29.8 Å². The molecule has 0 spiro atoms. The van der Waals surface area contributed by atoms with Crippen molar-refractivity contribution in [2.45, 2.75) is 26.8 Å². The van der Waals surface area contributed by atoms with Gasteiger partial charge in [-0.2, -0.15) is 0 Å². The summed E-state index contributed by atoms with van der Waals surface area (Å²) in [6, 6.07) is 12.1. The zero-order chi connectivity index (χ0) is 20.3. The van der Waals surface area contributed by atoms with Crippen molar-refractivity contribution in [3.8, 4) is 5.75 Å². The Morgan fingerprint density at radius 3 is 2.46 bits per heavy atom. The van der Waals surface area contributed by atoms with Gasteiger partial charge in [0.25, 0.3) is 5.91 Å². The van der Waals surface area contributed by atoms with E-state index in [-0.39, 0.29) is 17.7 Å². The van der Waals surface area contributed by atoms with E-state index < -0.39 is 6.04 Å². The van der Waals surface area contributed by atoms with Crippen molar-refractivity contribution >= 4 is 38.5 Å². The number of anilines is 1. The molecular weight excluding hydrogens is 374 g/mol. The third-order valence-electron chi connectivity index (χ3n) is 4.38. The first-order valence-electron chi connectivity index (χ1n) is 9.00. The molecule has 7 heteroatoms. The summed E-state index contributed by atoms with van der Waals surface area (Å²) in [7, 11) is 1.61. The first-order chi connectivity index (χ1) is 13.4. The van der Waals surface area contributed by atoms with E-state index in [0.717, 1.165) is 21.5 Å². The number of methoxy groups -OCH3 is 1. The van der Waals surface area contributed by atoms with Gasteiger partial charge in [0, 0.05) is 5.56 Å². The van der Waals surface area contributed by atoms with Crippen molar-refractivity contribution in [2.75, 3.05) is 12.4 Å². The molecule has 0 aliphatic heterocycles. The number of aromatic nitrogens is 1. The molecule has 0 aliphatic rings. The van der Waals surface area contributed by atoms with Crippen LogP contribution in [-0.2, 0) is 4.79 Å². The maximum absolute atomic E-state index is 12.8. The van der Waals surface area contributed by atoms with Gasteiger partial charge < -0.3 is 15.4 Å².